The standard InChI is InChI=1S/C32H26N4O6/c1-17-9-3-5-11-19(17)33-29(37)23-25(21-13-7-15-41-21)36-28-24(26(22-14-8-16-42-22)35(36)27(23)31(33)39)30(38)34(32(28)40)20-12-6-4-10-18(20)2/h3-16,23-28H,1-2H3/t23-,24+,25-,26+,27-,28-/m0/s1. The zero-order valence-corrected chi connectivity index (χ0v) is 22.8. The normalized spacial score (nSPS) is 29.1. The lowest BCUT2D eigenvalue weighted by molar-refractivity contribution is -0.136. The van der Waals surface area contributed by atoms with Gasteiger partial charge in [0, 0.05) is 0 Å². The summed E-state index contributed by atoms with van der Waals surface area (Å²) in [5.74, 6) is -2.46. The number of aryl methyl sites for hydroxylation is 2. The molecule has 0 spiro atoms. The third-order valence-electron chi connectivity index (χ3n) is 9.11. The molecule has 10 heteroatoms. The Morgan fingerprint density at radius 2 is 0.905 bits per heavy atom. The van der Waals surface area contributed by atoms with Gasteiger partial charge >= 0.3 is 0 Å². The van der Waals surface area contributed by atoms with Crippen LogP contribution in [0.2, 0.25) is 0 Å². The number of hydrazine groups is 1. The van der Waals surface area contributed by atoms with Gasteiger partial charge in [-0.15, -0.1) is 0 Å². The summed E-state index contributed by atoms with van der Waals surface area (Å²) < 4.78 is 11.7. The van der Waals surface area contributed by atoms with Crippen LogP contribution in [0.5, 0.6) is 0 Å². The average molecular weight is 563 g/mol. The molecular formula is C32H26N4O6. The number of anilines is 2. The summed E-state index contributed by atoms with van der Waals surface area (Å²) in [6.07, 6.45) is 3.01. The average Bonchev–Trinajstić information content (AvgIpc) is 3.81. The van der Waals surface area contributed by atoms with Gasteiger partial charge in [-0.3, -0.25) is 19.2 Å². The van der Waals surface area contributed by atoms with Crippen LogP contribution in [0.1, 0.15) is 34.7 Å². The van der Waals surface area contributed by atoms with Gasteiger partial charge < -0.3 is 8.83 Å². The molecule has 4 aliphatic heterocycles. The minimum atomic E-state index is -0.972. The summed E-state index contributed by atoms with van der Waals surface area (Å²) in [6.45, 7) is 3.70. The van der Waals surface area contributed by atoms with Crippen LogP contribution in [0.3, 0.4) is 0 Å². The van der Waals surface area contributed by atoms with Crippen molar-refractivity contribution in [1.29, 1.82) is 0 Å². The Morgan fingerprint density at radius 1 is 0.500 bits per heavy atom. The Labute approximate surface area is 240 Å². The van der Waals surface area contributed by atoms with Crippen LogP contribution in [0.15, 0.2) is 94.2 Å². The molecule has 0 unspecified atom stereocenters. The zero-order chi connectivity index (χ0) is 28.9. The molecule has 4 saturated heterocycles. The molecule has 4 aromatic rings. The second kappa shape index (κ2) is 8.85. The maximum absolute atomic E-state index is 14.3. The summed E-state index contributed by atoms with van der Waals surface area (Å²) in [6, 6.07) is 17.9. The molecule has 4 aliphatic rings. The molecule has 10 nitrogen and oxygen atoms in total. The van der Waals surface area contributed by atoms with Crippen molar-refractivity contribution in [3.05, 3.63) is 108 Å². The predicted octanol–water partition coefficient (Wildman–Crippen LogP) is 3.93. The van der Waals surface area contributed by atoms with Gasteiger partial charge in [-0.25, -0.2) is 19.8 Å². The maximum Gasteiger partial charge on any atom is 0.253 e. The molecule has 0 aliphatic carbocycles. The molecule has 0 saturated carbocycles. The number of hydrogen-bond acceptors (Lipinski definition) is 8. The topological polar surface area (TPSA) is 108 Å². The fourth-order valence-corrected chi connectivity index (χ4v) is 7.42. The Bertz CT molecular complexity index is 1640. The molecule has 8 rings (SSSR count). The van der Waals surface area contributed by atoms with E-state index < -0.39 is 47.8 Å². The number of imide groups is 2. The number of rotatable bonds is 4. The summed E-state index contributed by atoms with van der Waals surface area (Å²) >= 11 is 0. The van der Waals surface area contributed by atoms with E-state index in [1.165, 1.54) is 22.3 Å². The van der Waals surface area contributed by atoms with Crippen LogP contribution in [0.25, 0.3) is 0 Å². The van der Waals surface area contributed by atoms with E-state index in [2.05, 4.69) is 0 Å². The number of carbonyl (C=O) groups is 4. The Balaban J connectivity index is 1.32. The smallest absolute Gasteiger partial charge is 0.253 e. The minimum Gasteiger partial charge on any atom is -0.468 e. The summed E-state index contributed by atoms with van der Waals surface area (Å²) in [4.78, 5) is 59.7. The highest BCUT2D eigenvalue weighted by molar-refractivity contribution is 6.26. The van der Waals surface area contributed by atoms with Crippen molar-refractivity contribution < 1.29 is 28.0 Å². The number of furan rings is 2. The van der Waals surface area contributed by atoms with Crippen LogP contribution < -0.4 is 9.80 Å². The van der Waals surface area contributed by atoms with Crippen molar-refractivity contribution in [1.82, 2.24) is 10.0 Å². The number of fused-ring (bicyclic) bond motifs is 5. The van der Waals surface area contributed by atoms with E-state index in [0.29, 0.717) is 22.9 Å². The summed E-state index contributed by atoms with van der Waals surface area (Å²) in [5.41, 5.74) is 2.59. The van der Waals surface area contributed by atoms with Crippen molar-refractivity contribution in [2.24, 2.45) is 11.8 Å². The minimum absolute atomic E-state index is 0.377. The molecule has 0 radical (unpaired) electrons. The van der Waals surface area contributed by atoms with E-state index in [-0.39, 0.29) is 11.8 Å². The van der Waals surface area contributed by atoms with Gasteiger partial charge in [0.25, 0.3) is 11.8 Å². The van der Waals surface area contributed by atoms with Gasteiger partial charge in [0.1, 0.15) is 23.6 Å². The lowest BCUT2D eigenvalue weighted by atomic mass is 9.87. The van der Waals surface area contributed by atoms with E-state index in [0.717, 1.165) is 11.1 Å². The highest BCUT2D eigenvalue weighted by Gasteiger charge is 2.74. The second-order valence-corrected chi connectivity index (χ2v) is 11.2. The van der Waals surface area contributed by atoms with Crippen LogP contribution >= 0.6 is 0 Å². The van der Waals surface area contributed by atoms with Gasteiger partial charge in [-0.05, 0) is 61.4 Å². The van der Waals surface area contributed by atoms with E-state index in [4.69, 9.17) is 8.83 Å². The van der Waals surface area contributed by atoms with Crippen LogP contribution in [-0.2, 0) is 19.2 Å². The third kappa shape index (κ3) is 3.10. The van der Waals surface area contributed by atoms with Gasteiger partial charge in [0.2, 0.25) is 11.8 Å². The molecule has 42 heavy (non-hydrogen) atoms. The van der Waals surface area contributed by atoms with E-state index >= 15 is 0 Å². The number of benzene rings is 2. The van der Waals surface area contributed by atoms with Crippen LogP contribution in [0, 0.1) is 25.7 Å². The third-order valence-corrected chi connectivity index (χ3v) is 9.11. The number of hydrogen-bond donors (Lipinski definition) is 0. The monoisotopic (exact) mass is 562 g/mol. The maximum atomic E-state index is 14.3. The fourth-order valence-electron chi connectivity index (χ4n) is 7.42. The highest BCUT2D eigenvalue weighted by Crippen LogP contribution is 2.60. The fraction of sp³-hybridized carbons (Fsp3) is 0.250. The van der Waals surface area contributed by atoms with E-state index in [1.54, 1.807) is 58.5 Å². The molecule has 6 heterocycles. The van der Waals surface area contributed by atoms with E-state index in [9.17, 15) is 19.2 Å². The summed E-state index contributed by atoms with van der Waals surface area (Å²) in [5, 5.41) is 3.52. The Morgan fingerprint density at radius 3 is 1.26 bits per heavy atom. The SMILES string of the molecule is Cc1ccccc1N1C(=O)[C@@H]2[C@@H](C1=O)N1[C@H](c3ccco3)[C@H]3C(=O)N(c4ccccc4C)C(=O)[C@H]3N1[C@H]2c1ccco1. The van der Waals surface area contributed by atoms with Gasteiger partial charge in [-0.2, -0.15) is 0 Å². The zero-order valence-electron chi connectivity index (χ0n) is 22.8. The molecule has 0 N–H and O–H groups in total. The Kier molecular flexibility index (Phi) is 5.26. The second-order valence-electron chi connectivity index (χ2n) is 11.2. The number of amides is 4. The first kappa shape index (κ1) is 25.0. The predicted molar refractivity (Wildman–Crippen MR) is 148 cm³/mol. The Hall–Kier alpha value is -4.80. The number of para-hydroxylation sites is 2. The van der Waals surface area contributed by atoms with Crippen molar-refractivity contribution in [2.45, 2.75) is 38.0 Å². The number of nitrogens with zero attached hydrogens (tertiary/aromatic N) is 4. The molecule has 6 atom stereocenters. The molecule has 2 aromatic carbocycles. The molecular weight excluding hydrogens is 536 g/mol. The van der Waals surface area contributed by atoms with Crippen LogP contribution in [-0.4, -0.2) is 45.7 Å². The van der Waals surface area contributed by atoms with Crippen LogP contribution in [0.4, 0.5) is 11.4 Å². The first-order valence-electron chi connectivity index (χ1n) is 13.9. The van der Waals surface area contributed by atoms with Crippen molar-refractivity contribution in [3.8, 4) is 0 Å². The lowest BCUT2D eigenvalue weighted by Gasteiger charge is -2.34. The van der Waals surface area contributed by atoms with Gasteiger partial charge in [0.05, 0.1) is 47.8 Å². The quantitative estimate of drug-likeness (QED) is 0.345. The lowest BCUT2D eigenvalue weighted by Crippen LogP contribution is -2.50. The van der Waals surface area contributed by atoms with Crippen molar-refractivity contribution in [3.63, 3.8) is 0 Å². The first-order valence-corrected chi connectivity index (χ1v) is 13.9. The molecule has 210 valence electrons. The van der Waals surface area contributed by atoms with E-state index in [1.807, 2.05) is 38.1 Å². The highest BCUT2D eigenvalue weighted by atomic mass is 16.3. The van der Waals surface area contributed by atoms with Crippen molar-refractivity contribution >= 4 is 35.0 Å². The largest absolute Gasteiger partial charge is 0.468 e. The number of carbonyl (C=O) groups excluding carboxylic acids is 4. The molecule has 4 fully saturated rings. The van der Waals surface area contributed by atoms with Crippen molar-refractivity contribution in [2.75, 3.05) is 9.80 Å². The molecule has 2 aromatic heterocycles. The van der Waals surface area contributed by atoms with Gasteiger partial charge in [0.15, 0.2) is 0 Å². The molecule has 4 amide bonds. The first-order chi connectivity index (χ1) is 20.4. The molecule has 0 bridgehead atoms. The van der Waals surface area contributed by atoms with Gasteiger partial charge in [-0.1, -0.05) is 36.4 Å². The summed E-state index contributed by atoms with van der Waals surface area (Å²) in [7, 11) is 0.